The summed E-state index contributed by atoms with van der Waals surface area (Å²) in [5.41, 5.74) is 1.32. The highest BCUT2D eigenvalue weighted by molar-refractivity contribution is 7.15. The van der Waals surface area contributed by atoms with Crippen molar-refractivity contribution < 1.29 is 13.2 Å². The zero-order valence-corrected chi connectivity index (χ0v) is 17.6. The van der Waals surface area contributed by atoms with E-state index in [9.17, 15) is 13.2 Å². The molecule has 0 bridgehead atoms. The summed E-state index contributed by atoms with van der Waals surface area (Å²) in [6.45, 7) is 6.29. The number of benzene rings is 2. The number of halogens is 4. The molecule has 0 spiro atoms. The number of aromatic nitrogens is 3. The Hall–Kier alpha value is -2.38. The zero-order valence-electron chi connectivity index (χ0n) is 16.0. The third-order valence-corrected chi connectivity index (χ3v) is 5.84. The van der Waals surface area contributed by atoms with Crippen LogP contribution in [0.4, 0.5) is 13.2 Å². The van der Waals surface area contributed by atoms with Gasteiger partial charge in [0, 0.05) is 11.6 Å². The fourth-order valence-corrected chi connectivity index (χ4v) is 3.92. The molecule has 0 aliphatic rings. The maximum absolute atomic E-state index is 13.3. The summed E-state index contributed by atoms with van der Waals surface area (Å²) in [7, 11) is 0. The smallest absolute Gasteiger partial charge is 0.337 e. The second-order valence-corrected chi connectivity index (χ2v) is 8.67. The van der Waals surface area contributed by atoms with Crippen LogP contribution in [-0.2, 0) is 11.6 Å². The molecule has 0 saturated carbocycles. The van der Waals surface area contributed by atoms with Crippen LogP contribution in [0.5, 0.6) is 0 Å². The Bertz CT molecular complexity index is 1160. The lowest BCUT2D eigenvalue weighted by Gasteiger charge is -2.13. The van der Waals surface area contributed by atoms with Gasteiger partial charge in [0.25, 0.3) is 0 Å². The molecule has 0 fully saturated rings. The van der Waals surface area contributed by atoms with Gasteiger partial charge in [-0.25, -0.2) is 9.97 Å². The monoisotopic (exact) mass is 437 g/mol. The number of aromatic amines is 1. The van der Waals surface area contributed by atoms with Crippen molar-refractivity contribution in [3.8, 4) is 21.8 Å². The largest absolute Gasteiger partial charge is 0.417 e. The predicted molar refractivity (Wildman–Crippen MR) is 114 cm³/mol. The van der Waals surface area contributed by atoms with Crippen LogP contribution in [0.25, 0.3) is 32.9 Å². The van der Waals surface area contributed by atoms with Crippen molar-refractivity contribution in [3.63, 3.8) is 0 Å². The van der Waals surface area contributed by atoms with E-state index in [1.807, 2.05) is 0 Å². The van der Waals surface area contributed by atoms with Crippen LogP contribution in [0.1, 0.15) is 31.3 Å². The number of rotatable bonds is 2. The number of H-pyrrole nitrogens is 1. The molecule has 2 aromatic carbocycles. The minimum absolute atomic E-state index is 0. The van der Waals surface area contributed by atoms with Crippen LogP contribution in [0.3, 0.4) is 0 Å². The van der Waals surface area contributed by atoms with Crippen LogP contribution in [0, 0.1) is 0 Å². The molecule has 1 N–H and O–H groups in total. The molecule has 4 aromatic rings. The van der Waals surface area contributed by atoms with Crippen LogP contribution >= 0.6 is 23.7 Å². The SMILES string of the molecule is CC(C)(C)c1ncc(-c2nc3cc(-c4ccccc4C(F)(F)F)ccc3[nH]2)s1.Cl. The van der Waals surface area contributed by atoms with Gasteiger partial charge in [-0.1, -0.05) is 45.0 Å². The second kappa shape index (κ2) is 7.46. The van der Waals surface area contributed by atoms with E-state index in [4.69, 9.17) is 0 Å². The standard InChI is InChI=1S/C21H18F3N3S.ClH/c1-20(2,3)19-25-11-17(28-19)18-26-15-9-8-12(10-16(15)27-18)13-6-4-5-7-14(13)21(22,23)24;/h4-11H,1-3H3,(H,26,27);1H. The lowest BCUT2D eigenvalue weighted by molar-refractivity contribution is -0.137. The summed E-state index contributed by atoms with van der Waals surface area (Å²) in [6, 6.07) is 10.7. The van der Waals surface area contributed by atoms with Gasteiger partial charge >= 0.3 is 6.18 Å². The Morgan fingerprint density at radius 3 is 2.38 bits per heavy atom. The van der Waals surface area contributed by atoms with Gasteiger partial charge < -0.3 is 4.98 Å². The van der Waals surface area contributed by atoms with Gasteiger partial charge in [-0.15, -0.1) is 23.7 Å². The summed E-state index contributed by atoms with van der Waals surface area (Å²) in [5, 5.41) is 1.00. The van der Waals surface area contributed by atoms with E-state index in [-0.39, 0.29) is 23.4 Å². The minimum atomic E-state index is -4.41. The number of nitrogens with zero attached hydrogens (tertiary/aromatic N) is 2. The van der Waals surface area contributed by atoms with Crippen molar-refractivity contribution in [1.82, 2.24) is 15.0 Å². The summed E-state index contributed by atoms with van der Waals surface area (Å²) in [6.07, 6.45) is -2.63. The second-order valence-electron chi connectivity index (χ2n) is 7.64. The maximum Gasteiger partial charge on any atom is 0.417 e. The summed E-state index contributed by atoms with van der Waals surface area (Å²) in [5.74, 6) is 0.671. The summed E-state index contributed by atoms with van der Waals surface area (Å²) < 4.78 is 40.0. The first kappa shape index (κ1) is 21.3. The molecule has 0 atom stereocenters. The summed E-state index contributed by atoms with van der Waals surface area (Å²) >= 11 is 1.56. The van der Waals surface area contributed by atoms with Crippen LogP contribution < -0.4 is 0 Å². The first-order chi connectivity index (χ1) is 13.1. The fraction of sp³-hybridized carbons (Fsp3) is 0.238. The number of nitrogens with one attached hydrogen (secondary N) is 1. The van der Waals surface area contributed by atoms with Gasteiger partial charge in [-0.2, -0.15) is 13.2 Å². The van der Waals surface area contributed by atoms with Crippen molar-refractivity contribution in [2.75, 3.05) is 0 Å². The highest BCUT2D eigenvalue weighted by Crippen LogP contribution is 2.38. The third-order valence-electron chi connectivity index (χ3n) is 4.41. The molecule has 0 saturated heterocycles. The van der Waals surface area contributed by atoms with Crippen molar-refractivity contribution in [1.29, 1.82) is 0 Å². The number of alkyl halides is 3. The minimum Gasteiger partial charge on any atom is -0.337 e. The van der Waals surface area contributed by atoms with Crippen molar-refractivity contribution in [2.45, 2.75) is 32.4 Å². The van der Waals surface area contributed by atoms with Gasteiger partial charge in [0.05, 0.1) is 26.5 Å². The van der Waals surface area contributed by atoms with E-state index in [2.05, 4.69) is 35.7 Å². The lowest BCUT2D eigenvalue weighted by Crippen LogP contribution is -2.09. The Balaban J connectivity index is 0.00000240. The molecule has 0 aliphatic carbocycles. The normalized spacial score (nSPS) is 12.2. The molecule has 0 amide bonds. The Morgan fingerprint density at radius 2 is 1.72 bits per heavy atom. The highest BCUT2D eigenvalue weighted by atomic mass is 35.5. The van der Waals surface area contributed by atoms with E-state index in [0.717, 1.165) is 21.5 Å². The predicted octanol–water partition coefficient (Wildman–Crippen LogP) is 7.09. The van der Waals surface area contributed by atoms with E-state index in [0.29, 0.717) is 16.9 Å². The van der Waals surface area contributed by atoms with Gasteiger partial charge in [0.15, 0.2) is 0 Å². The molecule has 2 heterocycles. The molecule has 0 radical (unpaired) electrons. The number of thiazole rings is 1. The number of hydrogen-bond donors (Lipinski definition) is 1. The van der Waals surface area contributed by atoms with Gasteiger partial charge in [-0.05, 0) is 29.3 Å². The average Bonchev–Trinajstić information content (AvgIpc) is 3.27. The summed E-state index contributed by atoms with van der Waals surface area (Å²) in [4.78, 5) is 13.2. The van der Waals surface area contributed by atoms with E-state index in [1.165, 1.54) is 12.1 Å². The van der Waals surface area contributed by atoms with Gasteiger partial charge in [-0.3, -0.25) is 0 Å². The van der Waals surface area contributed by atoms with Crippen LogP contribution in [-0.4, -0.2) is 15.0 Å². The molecule has 3 nitrogen and oxygen atoms in total. The quantitative estimate of drug-likeness (QED) is 0.363. The lowest BCUT2D eigenvalue weighted by atomic mass is 9.98. The Kier molecular flexibility index (Phi) is 5.49. The zero-order chi connectivity index (χ0) is 20.1. The highest BCUT2D eigenvalue weighted by Gasteiger charge is 2.33. The molecule has 4 rings (SSSR count). The fourth-order valence-electron chi connectivity index (χ4n) is 3.00. The number of fused-ring (bicyclic) bond motifs is 1. The molecule has 2 aromatic heterocycles. The first-order valence-corrected chi connectivity index (χ1v) is 9.57. The Labute approximate surface area is 176 Å². The first-order valence-electron chi connectivity index (χ1n) is 8.76. The topological polar surface area (TPSA) is 41.6 Å². The van der Waals surface area contributed by atoms with Crippen molar-refractivity contribution >= 4 is 34.8 Å². The molecular weight excluding hydrogens is 419 g/mol. The molecule has 29 heavy (non-hydrogen) atoms. The molecule has 152 valence electrons. The third kappa shape index (κ3) is 4.16. The Morgan fingerprint density at radius 1 is 1.00 bits per heavy atom. The molecule has 0 unspecified atom stereocenters. The number of hydrogen-bond acceptors (Lipinski definition) is 3. The van der Waals surface area contributed by atoms with Crippen LogP contribution in [0.2, 0.25) is 0 Å². The average molecular weight is 438 g/mol. The number of imidazole rings is 1. The van der Waals surface area contributed by atoms with E-state index >= 15 is 0 Å². The molecule has 0 aliphatic heterocycles. The molecular formula is C21H19ClF3N3S. The van der Waals surface area contributed by atoms with Crippen molar-refractivity contribution in [2.24, 2.45) is 0 Å². The van der Waals surface area contributed by atoms with Gasteiger partial charge in [0.1, 0.15) is 5.82 Å². The maximum atomic E-state index is 13.3. The molecule has 8 heteroatoms. The van der Waals surface area contributed by atoms with E-state index < -0.39 is 11.7 Å². The van der Waals surface area contributed by atoms with Crippen LogP contribution in [0.15, 0.2) is 48.7 Å². The van der Waals surface area contributed by atoms with Gasteiger partial charge in [0.2, 0.25) is 0 Å². The van der Waals surface area contributed by atoms with E-state index in [1.54, 1.807) is 41.8 Å². The van der Waals surface area contributed by atoms with Crippen molar-refractivity contribution in [3.05, 3.63) is 59.2 Å².